The molecule has 8 heteroatoms. The molecule has 108 valence electrons. The summed E-state index contributed by atoms with van der Waals surface area (Å²) in [6.07, 6.45) is -0.506. The number of nitrogens with two attached hydrogens (primary N) is 1. The molecule has 5 N–H and O–H groups in total. The molecule has 8 nitrogen and oxygen atoms in total. The number of amides is 3. The number of primary amides is 1. The first kappa shape index (κ1) is 16.9. The van der Waals surface area contributed by atoms with Gasteiger partial charge in [-0.3, -0.25) is 14.4 Å². The topological polar surface area (TPSA) is 139 Å². The minimum atomic E-state index is -1.39. The zero-order valence-corrected chi connectivity index (χ0v) is 11.1. The highest BCUT2D eigenvalue weighted by Gasteiger charge is 2.24. The van der Waals surface area contributed by atoms with Gasteiger partial charge < -0.3 is 21.5 Å². The summed E-state index contributed by atoms with van der Waals surface area (Å²) in [6, 6.07) is -1.39. The van der Waals surface area contributed by atoms with Gasteiger partial charge in [0.25, 0.3) is 0 Å². The van der Waals surface area contributed by atoms with Crippen molar-refractivity contribution >= 4 is 23.7 Å². The number of carbonyl (C=O) groups is 4. The van der Waals surface area contributed by atoms with Crippen LogP contribution in [0.4, 0.5) is 0 Å². The van der Waals surface area contributed by atoms with Crippen LogP contribution in [0, 0.1) is 5.41 Å². The second-order valence-electron chi connectivity index (χ2n) is 5.06. The van der Waals surface area contributed by atoms with Gasteiger partial charge in [-0.05, 0) is 0 Å². The summed E-state index contributed by atoms with van der Waals surface area (Å²) in [5.41, 5.74) is 4.21. The second kappa shape index (κ2) is 6.72. The van der Waals surface area contributed by atoms with Gasteiger partial charge in [-0.25, -0.2) is 4.79 Å². The van der Waals surface area contributed by atoms with E-state index in [0.717, 1.165) is 0 Å². The molecule has 0 heterocycles. The molecule has 1 unspecified atom stereocenters. The van der Waals surface area contributed by atoms with Crippen molar-refractivity contribution in [2.24, 2.45) is 11.1 Å². The van der Waals surface area contributed by atoms with Crippen molar-refractivity contribution < 1.29 is 24.3 Å². The van der Waals surface area contributed by atoms with Gasteiger partial charge in [0.1, 0.15) is 6.04 Å². The maximum Gasteiger partial charge on any atom is 0.326 e. The third-order valence-electron chi connectivity index (χ3n) is 2.13. The molecule has 0 aromatic carbocycles. The molecule has 0 aliphatic heterocycles. The largest absolute Gasteiger partial charge is 0.480 e. The summed E-state index contributed by atoms with van der Waals surface area (Å²) in [4.78, 5) is 44.3. The summed E-state index contributed by atoms with van der Waals surface area (Å²) < 4.78 is 0. The lowest BCUT2D eigenvalue weighted by atomic mass is 9.96. The molecule has 0 aromatic heterocycles. The van der Waals surface area contributed by atoms with Crippen molar-refractivity contribution in [3.05, 3.63) is 0 Å². The molecule has 0 aliphatic rings. The highest BCUT2D eigenvalue weighted by molar-refractivity contribution is 5.91. The van der Waals surface area contributed by atoms with E-state index in [4.69, 9.17) is 10.8 Å². The summed E-state index contributed by atoms with van der Waals surface area (Å²) in [6.45, 7) is 4.66. The zero-order valence-electron chi connectivity index (χ0n) is 11.1. The number of nitrogens with one attached hydrogen (secondary N) is 2. The van der Waals surface area contributed by atoms with Gasteiger partial charge in [0, 0.05) is 5.41 Å². The van der Waals surface area contributed by atoms with E-state index in [2.05, 4.69) is 10.6 Å². The van der Waals surface area contributed by atoms with E-state index < -0.39 is 35.7 Å². The molecule has 0 rings (SSSR count). The number of aliphatic carboxylic acids is 1. The second-order valence-corrected chi connectivity index (χ2v) is 5.06. The van der Waals surface area contributed by atoms with Crippen molar-refractivity contribution in [2.75, 3.05) is 6.54 Å². The standard InChI is InChI=1S/C11H19N3O5/c1-11(2,3)10(19)13-5-8(16)14-6(9(17)18)4-7(12)15/h6H,4-5H2,1-3H3,(H2,12,15)(H,13,19)(H,14,16)(H,17,18). The van der Waals surface area contributed by atoms with Crippen LogP contribution in [-0.4, -0.2) is 41.4 Å². The Balaban J connectivity index is 4.32. The van der Waals surface area contributed by atoms with E-state index in [0.29, 0.717) is 0 Å². The number of carboxylic acids is 1. The summed E-state index contributed by atoms with van der Waals surface area (Å²) >= 11 is 0. The Kier molecular flexibility index (Phi) is 5.97. The van der Waals surface area contributed by atoms with Crippen LogP contribution < -0.4 is 16.4 Å². The monoisotopic (exact) mass is 273 g/mol. The first-order valence-corrected chi connectivity index (χ1v) is 5.63. The third kappa shape index (κ3) is 7.02. The maximum absolute atomic E-state index is 11.5. The van der Waals surface area contributed by atoms with E-state index in [1.807, 2.05) is 0 Å². The van der Waals surface area contributed by atoms with Crippen molar-refractivity contribution in [2.45, 2.75) is 33.2 Å². The van der Waals surface area contributed by atoms with Gasteiger partial charge in [-0.1, -0.05) is 20.8 Å². The normalized spacial score (nSPS) is 12.4. The average Bonchev–Trinajstić information content (AvgIpc) is 2.22. The van der Waals surface area contributed by atoms with Gasteiger partial charge in [0.05, 0.1) is 13.0 Å². The summed E-state index contributed by atoms with van der Waals surface area (Å²) in [5.74, 6) is -3.25. The van der Waals surface area contributed by atoms with E-state index in [9.17, 15) is 19.2 Å². The summed E-state index contributed by atoms with van der Waals surface area (Å²) in [7, 11) is 0. The smallest absolute Gasteiger partial charge is 0.326 e. The van der Waals surface area contributed by atoms with E-state index >= 15 is 0 Å². The molecule has 0 radical (unpaired) electrons. The van der Waals surface area contributed by atoms with Crippen molar-refractivity contribution in [1.29, 1.82) is 0 Å². The number of hydrogen-bond acceptors (Lipinski definition) is 4. The highest BCUT2D eigenvalue weighted by Crippen LogP contribution is 2.11. The molecule has 0 fully saturated rings. The third-order valence-corrected chi connectivity index (χ3v) is 2.13. The maximum atomic E-state index is 11.5. The molecular weight excluding hydrogens is 254 g/mol. The quantitative estimate of drug-likeness (QED) is 0.471. The molecule has 3 amide bonds. The molecule has 0 saturated carbocycles. The van der Waals surface area contributed by atoms with Gasteiger partial charge in [-0.15, -0.1) is 0 Å². The van der Waals surface area contributed by atoms with Crippen LogP contribution in [0.2, 0.25) is 0 Å². The zero-order chi connectivity index (χ0) is 15.2. The minimum Gasteiger partial charge on any atom is -0.480 e. The molecule has 0 aromatic rings. The molecule has 1 atom stereocenters. The number of carbonyl (C=O) groups excluding carboxylic acids is 3. The van der Waals surface area contributed by atoms with E-state index in [-0.39, 0.29) is 12.5 Å². The Labute approximate surface area is 110 Å². The Bertz CT molecular complexity index is 386. The number of carboxylic acid groups (broad SMARTS) is 1. The Morgan fingerprint density at radius 2 is 1.74 bits per heavy atom. The van der Waals surface area contributed by atoms with Gasteiger partial charge in [0.15, 0.2) is 0 Å². The predicted molar refractivity (Wildman–Crippen MR) is 65.8 cm³/mol. The van der Waals surface area contributed by atoms with Crippen molar-refractivity contribution in [3.63, 3.8) is 0 Å². The van der Waals surface area contributed by atoms with Crippen LogP contribution in [0.5, 0.6) is 0 Å². The number of hydrogen-bond donors (Lipinski definition) is 4. The summed E-state index contributed by atoms with van der Waals surface area (Å²) in [5, 5.41) is 13.2. The van der Waals surface area contributed by atoms with E-state index in [1.165, 1.54) is 0 Å². The fourth-order valence-electron chi connectivity index (χ4n) is 1.07. The van der Waals surface area contributed by atoms with Crippen LogP contribution in [0.15, 0.2) is 0 Å². The van der Waals surface area contributed by atoms with Crippen molar-refractivity contribution in [3.8, 4) is 0 Å². The molecule has 0 saturated heterocycles. The van der Waals surface area contributed by atoms with Gasteiger partial charge in [-0.2, -0.15) is 0 Å². The fourth-order valence-corrected chi connectivity index (χ4v) is 1.07. The van der Waals surface area contributed by atoms with Crippen LogP contribution in [0.25, 0.3) is 0 Å². The SMILES string of the molecule is CC(C)(C)C(=O)NCC(=O)NC(CC(N)=O)C(=O)O. The van der Waals surface area contributed by atoms with Crippen LogP contribution in [0.1, 0.15) is 27.2 Å². The Hall–Kier alpha value is -2.12. The lowest BCUT2D eigenvalue weighted by Gasteiger charge is -2.18. The van der Waals surface area contributed by atoms with E-state index in [1.54, 1.807) is 20.8 Å². The molecule has 19 heavy (non-hydrogen) atoms. The first-order chi connectivity index (χ1) is 8.54. The number of rotatable bonds is 6. The first-order valence-electron chi connectivity index (χ1n) is 5.63. The Morgan fingerprint density at radius 1 is 1.21 bits per heavy atom. The molecule has 0 spiro atoms. The van der Waals surface area contributed by atoms with Crippen LogP contribution >= 0.6 is 0 Å². The molecular formula is C11H19N3O5. The average molecular weight is 273 g/mol. The Morgan fingerprint density at radius 3 is 2.11 bits per heavy atom. The predicted octanol–water partition coefficient (Wildman–Crippen LogP) is -1.41. The lowest BCUT2D eigenvalue weighted by Crippen LogP contribution is -2.48. The van der Waals surface area contributed by atoms with Crippen molar-refractivity contribution in [1.82, 2.24) is 10.6 Å². The van der Waals surface area contributed by atoms with Gasteiger partial charge >= 0.3 is 5.97 Å². The van der Waals surface area contributed by atoms with Gasteiger partial charge in [0.2, 0.25) is 17.7 Å². The highest BCUT2D eigenvalue weighted by atomic mass is 16.4. The minimum absolute atomic E-state index is 0.343. The van der Waals surface area contributed by atoms with Crippen LogP contribution in [-0.2, 0) is 19.2 Å². The lowest BCUT2D eigenvalue weighted by molar-refractivity contribution is -0.143. The molecule has 0 bridgehead atoms. The fraction of sp³-hybridized carbons (Fsp3) is 0.636. The molecule has 0 aliphatic carbocycles. The van der Waals surface area contributed by atoms with Crippen LogP contribution in [0.3, 0.4) is 0 Å².